The van der Waals surface area contributed by atoms with Gasteiger partial charge in [0.15, 0.2) is 5.78 Å². The number of nitrogens with zero attached hydrogens (tertiary/aromatic N) is 1. The van der Waals surface area contributed by atoms with Gasteiger partial charge in [0, 0.05) is 35.3 Å². The van der Waals surface area contributed by atoms with Crippen LogP contribution in [-0.4, -0.2) is 21.4 Å². The van der Waals surface area contributed by atoms with E-state index in [1.807, 2.05) is 37.3 Å². The minimum absolute atomic E-state index is 0.0391. The van der Waals surface area contributed by atoms with Gasteiger partial charge in [0.25, 0.3) is 5.97 Å². The summed E-state index contributed by atoms with van der Waals surface area (Å²) in [5.41, 5.74) is 6.10. The Morgan fingerprint density at radius 3 is 2.30 bits per heavy atom. The SMILES string of the molecule is CC(=O)O.Cc1ccc(-n2c(-c3ccccc3)cc3c2CC(C)(C)CC3=O)cc1Cl. The molecule has 30 heavy (non-hydrogen) atoms. The molecule has 0 unspecified atom stereocenters. The van der Waals surface area contributed by atoms with Gasteiger partial charge in [-0.15, -0.1) is 0 Å². The molecule has 2 aromatic carbocycles. The van der Waals surface area contributed by atoms with E-state index < -0.39 is 5.97 Å². The summed E-state index contributed by atoms with van der Waals surface area (Å²) in [4.78, 5) is 21.8. The highest BCUT2D eigenvalue weighted by atomic mass is 35.5. The first kappa shape index (κ1) is 21.8. The molecule has 0 saturated carbocycles. The quantitative estimate of drug-likeness (QED) is 0.522. The predicted octanol–water partition coefficient (Wildman–Crippen LogP) is 6.35. The zero-order chi connectivity index (χ0) is 22.1. The number of aryl methyl sites for hydroxylation is 1. The fraction of sp³-hybridized carbons (Fsp3) is 0.280. The third kappa shape index (κ3) is 4.65. The number of rotatable bonds is 2. The molecule has 0 fully saturated rings. The van der Waals surface area contributed by atoms with Crippen molar-refractivity contribution in [2.24, 2.45) is 5.41 Å². The van der Waals surface area contributed by atoms with E-state index in [1.54, 1.807) is 0 Å². The monoisotopic (exact) mass is 423 g/mol. The van der Waals surface area contributed by atoms with Gasteiger partial charge in [0.2, 0.25) is 0 Å². The summed E-state index contributed by atoms with van der Waals surface area (Å²) in [6.45, 7) is 7.41. The maximum atomic E-state index is 12.8. The van der Waals surface area contributed by atoms with E-state index in [4.69, 9.17) is 21.5 Å². The maximum Gasteiger partial charge on any atom is 0.300 e. The van der Waals surface area contributed by atoms with Crippen LogP contribution in [0, 0.1) is 12.3 Å². The summed E-state index contributed by atoms with van der Waals surface area (Å²) in [6.07, 6.45) is 1.46. The average molecular weight is 424 g/mol. The van der Waals surface area contributed by atoms with E-state index in [2.05, 4.69) is 42.7 Å². The smallest absolute Gasteiger partial charge is 0.300 e. The van der Waals surface area contributed by atoms with Gasteiger partial charge in [-0.2, -0.15) is 0 Å². The Labute approximate surface area is 182 Å². The minimum atomic E-state index is -0.833. The van der Waals surface area contributed by atoms with Gasteiger partial charge < -0.3 is 9.67 Å². The van der Waals surface area contributed by atoms with E-state index in [0.717, 1.165) is 52.1 Å². The molecule has 1 heterocycles. The van der Waals surface area contributed by atoms with Gasteiger partial charge in [-0.05, 0) is 48.1 Å². The Hall–Kier alpha value is -2.85. The first-order valence-electron chi connectivity index (χ1n) is 9.88. The second-order valence-electron chi connectivity index (χ2n) is 8.48. The molecule has 0 bridgehead atoms. The molecular weight excluding hydrogens is 398 g/mol. The topological polar surface area (TPSA) is 59.3 Å². The number of halogens is 1. The second-order valence-corrected chi connectivity index (χ2v) is 8.89. The van der Waals surface area contributed by atoms with Crippen molar-refractivity contribution < 1.29 is 14.7 Å². The summed E-state index contributed by atoms with van der Waals surface area (Å²) in [6, 6.07) is 18.4. The number of carbonyl (C=O) groups is 2. The third-order valence-electron chi connectivity index (χ3n) is 5.17. The molecule has 0 aliphatic heterocycles. The molecule has 0 spiro atoms. The first-order valence-corrected chi connectivity index (χ1v) is 10.3. The summed E-state index contributed by atoms with van der Waals surface area (Å²) in [7, 11) is 0. The van der Waals surface area contributed by atoms with Crippen molar-refractivity contribution in [3.63, 3.8) is 0 Å². The van der Waals surface area contributed by atoms with E-state index >= 15 is 0 Å². The second kappa shape index (κ2) is 8.49. The lowest BCUT2D eigenvalue weighted by atomic mass is 9.76. The zero-order valence-corrected chi connectivity index (χ0v) is 18.5. The summed E-state index contributed by atoms with van der Waals surface area (Å²) in [5, 5.41) is 8.16. The van der Waals surface area contributed by atoms with Crippen LogP contribution in [0.2, 0.25) is 5.02 Å². The highest BCUT2D eigenvalue weighted by Gasteiger charge is 2.35. The third-order valence-corrected chi connectivity index (χ3v) is 5.58. The lowest BCUT2D eigenvalue weighted by molar-refractivity contribution is -0.134. The predicted molar refractivity (Wildman–Crippen MR) is 121 cm³/mol. The van der Waals surface area contributed by atoms with Gasteiger partial charge in [-0.3, -0.25) is 9.59 Å². The van der Waals surface area contributed by atoms with Crippen molar-refractivity contribution in [1.29, 1.82) is 0 Å². The number of ketones is 1. The Morgan fingerprint density at radius 2 is 1.70 bits per heavy atom. The normalized spacial score (nSPS) is 14.5. The van der Waals surface area contributed by atoms with E-state index in [0.29, 0.717) is 6.42 Å². The number of fused-ring (bicyclic) bond motifs is 1. The number of carbonyl (C=O) groups excluding carboxylic acids is 1. The molecule has 1 N–H and O–H groups in total. The molecule has 0 saturated heterocycles. The number of carboxylic acid groups (broad SMARTS) is 1. The molecule has 0 atom stereocenters. The lowest BCUT2D eigenvalue weighted by Crippen LogP contribution is -2.27. The van der Waals surface area contributed by atoms with Crippen molar-refractivity contribution in [3.8, 4) is 16.9 Å². The fourth-order valence-corrected chi connectivity index (χ4v) is 4.02. The molecule has 5 heteroatoms. The van der Waals surface area contributed by atoms with Crippen LogP contribution >= 0.6 is 11.6 Å². The molecule has 4 nitrogen and oxygen atoms in total. The average Bonchev–Trinajstić information content (AvgIpc) is 3.03. The number of Topliss-reactive ketones (excluding diaryl/α,β-unsaturated/α-hetero) is 1. The van der Waals surface area contributed by atoms with Crippen LogP contribution in [0.3, 0.4) is 0 Å². The number of aromatic nitrogens is 1. The van der Waals surface area contributed by atoms with Crippen LogP contribution in [0.5, 0.6) is 0 Å². The summed E-state index contributed by atoms with van der Waals surface area (Å²) in [5.74, 6) is -0.606. The molecule has 156 valence electrons. The minimum Gasteiger partial charge on any atom is -0.481 e. The Kier molecular flexibility index (Phi) is 6.18. The van der Waals surface area contributed by atoms with Crippen LogP contribution in [0.1, 0.15) is 48.8 Å². The lowest BCUT2D eigenvalue weighted by Gasteiger charge is -2.30. The molecule has 1 aromatic heterocycles. The van der Waals surface area contributed by atoms with Crippen LogP contribution in [0.4, 0.5) is 0 Å². The van der Waals surface area contributed by atoms with Crippen LogP contribution < -0.4 is 0 Å². The van der Waals surface area contributed by atoms with Crippen molar-refractivity contribution in [3.05, 3.63) is 76.4 Å². The Morgan fingerprint density at radius 1 is 1.07 bits per heavy atom. The fourth-order valence-electron chi connectivity index (χ4n) is 3.85. The van der Waals surface area contributed by atoms with E-state index in [1.165, 1.54) is 0 Å². The van der Waals surface area contributed by atoms with Gasteiger partial charge in [0.05, 0.1) is 5.69 Å². The highest BCUT2D eigenvalue weighted by molar-refractivity contribution is 6.31. The van der Waals surface area contributed by atoms with Gasteiger partial charge in [0.1, 0.15) is 0 Å². The standard InChI is InChI=1S/C23H22ClNO.C2H4O2/c1-15-9-10-17(11-19(15)24)25-20(16-7-5-4-6-8-16)12-18-21(25)13-23(2,3)14-22(18)26;1-2(3)4/h4-12H,13-14H2,1-3H3;1H3,(H,3,4). The van der Waals surface area contributed by atoms with E-state index in [9.17, 15) is 4.79 Å². The molecule has 3 aromatic rings. The van der Waals surface area contributed by atoms with Gasteiger partial charge in [-0.25, -0.2) is 0 Å². The van der Waals surface area contributed by atoms with Crippen molar-refractivity contribution in [2.75, 3.05) is 0 Å². The van der Waals surface area contributed by atoms with Crippen LogP contribution in [0.25, 0.3) is 16.9 Å². The Balaban J connectivity index is 0.000000589. The van der Waals surface area contributed by atoms with E-state index in [-0.39, 0.29) is 11.2 Å². The van der Waals surface area contributed by atoms with Crippen molar-refractivity contribution in [1.82, 2.24) is 4.57 Å². The maximum absolute atomic E-state index is 12.8. The van der Waals surface area contributed by atoms with Crippen molar-refractivity contribution >= 4 is 23.4 Å². The zero-order valence-electron chi connectivity index (χ0n) is 17.7. The molecule has 4 rings (SSSR count). The van der Waals surface area contributed by atoms with Gasteiger partial charge >= 0.3 is 0 Å². The number of hydrogen-bond donors (Lipinski definition) is 1. The molecule has 1 aliphatic rings. The summed E-state index contributed by atoms with van der Waals surface area (Å²) < 4.78 is 2.22. The van der Waals surface area contributed by atoms with Crippen LogP contribution in [0.15, 0.2) is 54.6 Å². The van der Waals surface area contributed by atoms with Gasteiger partial charge in [-0.1, -0.05) is 61.8 Å². The number of benzene rings is 2. The highest BCUT2D eigenvalue weighted by Crippen LogP contribution is 2.40. The largest absolute Gasteiger partial charge is 0.481 e. The number of hydrogen-bond acceptors (Lipinski definition) is 2. The Bertz CT molecular complexity index is 1090. The van der Waals surface area contributed by atoms with Crippen LogP contribution in [-0.2, 0) is 11.2 Å². The first-order chi connectivity index (χ1) is 14.1. The molecular formula is C25H26ClNO3. The molecule has 1 aliphatic carbocycles. The molecule has 0 amide bonds. The number of carboxylic acids is 1. The number of aliphatic carboxylic acids is 1. The molecule has 0 radical (unpaired) electrons. The summed E-state index contributed by atoms with van der Waals surface area (Å²) >= 11 is 6.42. The van der Waals surface area contributed by atoms with Crippen molar-refractivity contribution in [2.45, 2.75) is 40.5 Å².